The average molecular weight is 364 g/mol. The van der Waals surface area contributed by atoms with E-state index in [1.165, 1.54) is 19.3 Å². The van der Waals surface area contributed by atoms with Crippen LogP contribution in [0, 0.1) is 0 Å². The van der Waals surface area contributed by atoms with Gasteiger partial charge in [0.05, 0.1) is 0 Å². The number of carbonyl (C=O) groups excluding carboxylic acids is 1. The molecule has 0 unspecified atom stereocenters. The molecule has 1 aliphatic carbocycles. The van der Waals surface area contributed by atoms with Crippen molar-refractivity contribution in [3.8, 4) is 0 Å². The van der Waals surface area contributed by atoms with Crippen LogP contribution in [0.4, 0.5) is 0 Å². The van der Waals surface area contributed by atoms with Gasteiger partial charge in [-0.05, 0) is 42.5 Å². The number of amides is 1. The van der Waals surface area contributed by atoms with Crippen LogP contribution in [-0.4, -0.2) is 55.0 Å². The van der Waals surface area contributed by atoms with Crippen LogP contribution in [0.25, 0.3) is 0 Å². The summed E-state index contributed by atoms with van der Waals surface area (Å²) in [7, 11) is 0. The molecule has 27 heavy (non-hydrogen) atoms. The molecular weight excluding hydrogens is 334 g/mol. The van der Waals surface area contributed by atoms with E-state index in [-0.39, 0.29) is 5.91 Å². The molecule has 0 saturated carbocycles. The van der Waals surface area contributed by atoms with Crippen LogP contribution in [-0.2, 0) is 6.42 Å². The van der Waals surface area contributed by atoms with E-state index in [9.17, 15) is 4.79 Å². The van der Waals surface area contributed by atoms with Gasteiger partial charge in [-0.3, -0.25) is 14.6 Å². The normalized spacial score (nSPS) is 20.8. The van der Waals surface area contributed by atoms with Crippen molar-refractivity contribution in [1.82, 2.24) is 15.1 Å². The largest absolute Gasteiger partial charge is 0.351 e. The first kappa shape index (κ1) is 18.2. The number of hydrogen-bond donors (Lipinski definition) is 1. The Balaban J connectivity index is 1.24. The van der Waals surface area contributed by atoms with Crippen molar-refractivity contribution in [2.24, 2.45) is 0 Å². The molecule has 142 valence electrons. The zero-order valence-electron chi connectivity index (χ0n) is 15.9. The van der Waals surface area contributed by atoms with Crippen LogP contribution in [0.2, 0.25) is 0 Å². The highest BCUT2D eigenvalue weighted by molar-refractivity contribution is 5.94. The molecule has 2 aromatic carbocycles. The third-order valence-electron chi connectivity index (χ3n) is 5.93. The van der Waals surface area contributed by atoms with Gasteiger partial charge in [0.15, 0.2) is 0 Å². The Hall–Kier alpha value is -2.17. The number of nitrogens with zero attached hydrogens (tertiary/aromatic N) is 2. The molecule has 0 bridgehead atoms. The van der Waals surface area contributed by atoms with E-state index in [1.807, 2.05) is 30.3 Å². The highest BCUT2D eigenvalue weighted by Crippen LogP contribution is 2.34. The number of aryl methyl sites for hydroxylation is 1. The van der Waals surface area contributed by atoms with Crippen LogP contribution in [0.15, 0.2) is 54.6 Å². The lowest BCUT2D eigenvalue weighted by molar-refractivity contribution is 0.0847. The summed E-state index contributed by atoms with van der Waals surface area (Å²) in [6.45, 7) is 6.03. The Labute approximate surface area is 162 Å². The van der Waals surface area contributed by atoms with Gasteiger partial charge < -0.3 is 5.32 Å². The molecule has 1 amide bonds. The van der Waals surface area contributed by atoms with Crippen molar-refractivity contribution in [3.05, 3.63) is 71.3 Å². The van der Waals surface area contributed by atoms with Gasteiger partial charge in [-0.2, -0.15) is 0 Å². The summed E-state index contributed by atoms with van der Waals surface area (Å²) in [6, 6.07) is 19.0. The Morgan fingerprint density at radius 2 is 1.70 bits per heavy atom. The van der Waals surface area contributed by atoms with Gasteiger partial charge in [-0.1, -0.05) is 42.5 Å². The summed E-state index contributed by atoms with van der Waals surface area (Å²) in [5.41, 5.74) is 3.82. The number of fused-ring (bicyclic) bond motifs is 1. The van der Waals surface area contributed by atoms with Gasteiger partial charge in [-0.25, -0.2) is 0 Å². The van der Waals surface area contributed by atoms with Crippen LogP contribution >= 0.6 is 0 Å². The first-order valence-corrected chi connectivity index (χ1v) is 10.2. The fraction of sp³-hybridized carbons (Fsp3) is 0.435. The zero-order valence-corrected chi connectivity index (χ0v) is 15.9. The molecule has 4 nitrogen and oxygen atoms in total. The van der Waals surface area contributed by atoms with E-state index >= 15 is 0 Å². The second-order valence-corrected chi connectivity index (χ2v) is 7.61. The zero-order chi connectivity index (χ0) is 18.5. The number of benzene rings is 2. The number of carbonyl (C=O) groups is 1. The average Bonchev–Trinajstić information content (AvgIpc) is 2.74. The standard InChI is InChI=1S/C23H29N3O/c27-23(20-8-2-1-3-9-20)24-13-14-25-15-17-26(18-16-25)22-12-6-10-19-7-4-5-11-21(19)22/h1-5,7-9,11,22H,6,10,12-18H2,(H,24,27)/t22-/m0/s1. The summed E-state index contributed by atoms with van der Waals surface area (Å²) in [4.78, 5) is 17.3. The van der Waals surface area contributed by atoms with Gasteiger partial charge in [0.2, 0.25) is 0 Å². The van der Waals surface area contributed by atoms with Gasteiger partial charge in [0.1, 0.15) is 0 Å². The van der Waals surface area contributed by atoms with Crippen molar-refractivity contribution < 1.29 is 4.79 Å². The molecule has 1 aliphatic heterocycles. The quantitative estimate of drug-likeness (QED) is 0.887. The molecule has 0 spiro atoms. The highest BCUT2D eigenvalue weighted by atomic mass is 16.1. The second-order valence-electron chi connectivity index (χ2n) is 7.61. The molecular formula is C23H29N3O. The van der Waals surface area contributed by atoms with Crippen LogP contribution in [0.5, 0.6) is 0 Å². The fourth-order valence-electron chi connectivity index (χ4n) is 4.43. The monoisotopic (exact) mass is 363 g/mol. The Morgan fingerprint density at radius 3 is 2.52 bits per heavy atom. The van der Waals surface area contributed by atoms with E-state index in [0.29, 0.717) is 12.6 Å². The lowest BCUT2D eigenvalue weighted by Crippen LogP contribution is -2.49. The lowest BCUT2D eigenvalue weighted by Gasteiger charge is -2.41. The Kier molecular flexibility index (Phi) is 5.85. The van der Waals surface area contributed by atoms with Crippen LogP contribution < -0.4 is 5.32 Å². The first-order chi connectivity index (χ1) is 13.3. The molecule has 4 rings (SSSR count). The van der Waals surface area contributed by atoms with Gasteiger partial charge >= 0.3 is 0 Å². The molecule has 0 aromatic heterocycles. The molecule has 2 aliphatic rings. The van der Waals surface area contributed by atoms with E-state index in [0.717, 1.165) is 38.3 Å². The molecule has 2 aromatic rings. The van der Waals surface area contributed by atoms with E-state index < -0.39 is 0 Å². The molecule has 1 fully saturated rings. The third-order valence-corrected chi connectivity index (χ3v) is 5.93. The number of nitrogens with one attached hydrogen (secondary N) is 1. The molecule has 1 heterocycles. The Bertz CT molecular complexity index is 753. The summed E-state index contributed by atoms with van der Waals surface area (Å²) in [6.07, 6.45) is 3.81. The maximum atomic E-state index is 12.1. The summed E-state index contributed by atoms with van der Waals surface area (Å²) in [5, 5.41) is 3.04. The number of piperazine rings is 1. The van der Waals surface area contributed by atoms with Crippen LogP contribution in [0.3, 0.4) is 0 Å². The maximum Gasteiger partial charge on any atom is 0.251 e. The van der Waals surface area contributed by atoms with Gasteiger partial charge in [0, 0.05) is 50.9 Å². The predicted molar refractivity (Wildman–Crippen MR) is 109 cm³/mol. The second kappa shape index (κ2) is 8.68. The first-order valence-electron chi connectivity index (χ1n) is 10.2. The van der Waals surface area contributed by atoms with Crippen molar-refractivity contribution in [2.75, 3.05) is 39.3 Å². The summed E-state index contributed by atoms with van der Waals surface area (Å²) < 4.78 is 0. The SMILES string of the molecule is O=C(NCCN1CCN([C@H]2CCCc3ccccc32)CC1)c1ccccc1. The van der Waals surface area contributed by atoms with E-state index in [4.69, 9.17) is 0 Å². The minimum Gasteiger partial charge on any atom is -0.351 e. The van der Waals surface area contributed by atoms with Gasteiger partial charge in [0.25, 0.3) is 5.91 Å². The van der Waals surface area contributed by atoms with Crippen molar-refractivity contribution >= 4 is 5.91 Å². The molecule has 1 atom stereocenters. The Morgan fingerprint density at radius 1 is 0.963 bits per heavy atom. The van der Waals surface area contributed by atoms with Crippen molar-refractivity contribution in [1.29, 1.82) is 0 Å². The highest BCUT2D eigenvalue weighted by Gasteiger charge is 2.28. The smallest absolute Gasteiger partial charge is 0.251 e. The predicted octanol–water partition coefficient (Wildman–Crippen LogP) is 3.11. The van der Waals surface area contributed by atoms with E-state index in [1.54, 1.807) is 11.1 Å². The minimum atomic E-state index is 0.0213. The molecule has 1 saturated heterocycles. The lowest BCUT2D eigenvalue weighted by atomic mass is 9.86. The molecule has 4 heteroatoms. The molecule has 0 radical (unpaired) electrons. The fourth-order valence-corrected chi connectivity index (χ4v) is 4.43. The van der Waals surface area contributed by atoms with Crippen molar-refractivity contribution in [3.63, 3.8) is 0 Å². The third kappa shape index (κ3) is 4.40. The minimum absolute atomic E-state index is 0.0213. The molecule has 1 N–H and O–H groups in total. The number of rotatable bonds is 5. The number of hydrogen-bond acceptors (Lipinski definition) is 3. The maximum absolute atomic E-state index is 12.1. The van der Waals surface area contributed by atoms with E-state index in [2.05, 4.69) is 39.4 Å². The summed E-state index contributed by atoms with van der Waals surface area (Å²) in [5.74, 6) is 0.0213. The van der Waals surface area contributed by atoms with Crippen molar-refractivity contribution in [2.45, 2.75) is 25.3 Å². The summed E-state index contributed by atoms with van der Waals surface area (Å²) >= 11 is 0. The van der Waals surface area contributed by atoms with Gasteiger partial charge in [-0.15, -0.1) is 0 Å². The van der Waals surface area contributed by atoms with Crippen LogP contribution in [0.1, 0.15) is 40.4 Å². The topological polar surface area (TPSA) is 35.6 Å².